The Morgan fingerprint density at radius 1 is 1.16 bits per heavy atom. The van der Waals surface area contributed by atoms with Gasteiger partial charge in [-0.2, -0.15) is 0 Å². The van der Waals surface area contributed by atoms with Crippen LogP contribution in [0.25, 0.3) is 0 Å². The Balaban J connectivity index is 0.00000341. The average Bonchev–Trinajstić information content (AvgIpc) is 3.29. The Labute approximate surface area is 202 Å². The number of nitrogens with one attached hydrogen (secondary N) is 2. The molecule has 0 saturated carbocycles. The van der Waals surface area contributed by atoms with E-state index >= 15 is 0 Å². The number of aliphatic imine (C=N–C) groups is 1. The van der Waals surface area contributed by atoms with Gasteiger partial charge in [0.1, 0.15) is 11.5 Å². The Hall–Kier alpha value is -2.00. The maximum atomic E-state index is 6.15. The summed E-state index contributed by atoms with van der Waals surface area (Å²) in [6, 6.07) is 14.3. The van der Waals surface area contributed by atoms with Gasteiger partial charge in [-0.25, -0.2) is 4.99 Å². The summed E-state index contributed by atoms with van der Waals surface area (Å²) in [5, 5.41) is 6.74. The minimum atomic E-state index is 0. The van der Waals surface area contributed by atoms with Crippen molar-refractivity contribution in [2.75, 3.05) is 33.5 Å². The lowest BCUT2D eigenvalue weighted by atomic mass is 10.1. The molecule has 0 aromatic heterocycles. The van der Waals surface area contributed by atoms with Gasteiger partial charge in [0.05, 0.1) is 26.9 Å². The molecular formula is C24H34IN3O3. The number of hydrogen-bond acceptors (Lipinski definition) is 4. The van der Waals surface area contributed by atoms with Crippen molar-refractivity contribution in [1.29, 1.82) is 0 Å². The van der Waals surface area contributed by atoms with E-state index in [4.69, 9.17) is 19.2 Å². The molecule has 6 nitrogen and oxygen atoms in total. The molecule has 1 saturated heterocycles. The van der Waals surface area contributed by atoms with Crippen molar-refractivity contribution in [3.8, 4) is 11.5 Å². The molecule has 0 spiro atoms. The zero-order valence-electron chi connectivity index (χ0n) is 18.6. The molecule has 0 amide bonds. The second-order valence-electron chi connectivity index (χ2n) is 7.55. The van der Waals surface area contributed by atoms with Crippen LogP contribution >= 0.6 is 24.0 Å². The summed E-state index contributed by atoms with van der Waals surface area (Å²) in [5.74, 6) is 3.04. The van der Waals surface area contributed by atoms with Crippen LogP contribution in [0.2, 0.25) is 0 Å². The smallest absolute Gasteiger partial charge is 0.191 e. The van der Waals surface area contributed by atoms with Crippen LogP contribution in [0.1, 0.15) is 30.0 Å². The molecule has 1 aliphatic rings. The van der Waals surface area contributed by atoms with Crippen LogP contribution in [0, 0.1) is 12.8 Å². The first-order valence-electron chi connectivity index (χ1n) is 10.6. The van der Waals surface area contributed by atoms with Crippen LogP contribution in [0.3, 0.4) is 0 Å². The third-order valence-corrected chi connectivity index (χ3v) is 5.09. The highest BCUT2D eigenvalue weighted by Gasteiger charge is 2.17. The van der Waals surface area contributed by atoms with Crippen LogP contribution in [-0.4, -0.2) is 39.4 Å². The molecule has 2 aromatic carbocycles. The molecule has 1 heterocycles. The topological polar surface area (TPSA) is 64.1 Å². The first-order valence-corrected chi connectivity index (χ1v) is 10.6. The van der Waals surface area contributed by atoms with Crippen molar-refractivity contribution in [3.05, 3.63) is 59.2 Å². The van der Waals surface area contributed by atoms with E-state index in [-0.39, 0.29) is 24.0 Å². The van der Waals surface area contributed by atoms with Gasteiger partial charge in [0.2, 0.25) is 0 Å². The van der Waals surface area contributed by atoms with E-state index in [1.54, 1.807) is 7.11 Å². The van der Waals surface area contributed by atoms with Gasteiger partial charge in [-0.05, 0) is 49.6 Å². The summed E-state index contributed by atoms with van der Waals surface area (Å²) >= 11 is 0. The third kappa shape index (κ3) is 8.22. The number of aryl methyl sites for hydroxylation is 1. The zero-order chi connectivity index (χ0) is 21.2. The van der Waals surface area contributed by atoms with Crippen molar-refractivity contribution >= 4 is 29.9 Å². The monoisotopic (exact) mass is 539 g/mol. The molecular weight excluding hydrogens is 505 g/mol. The Kier molecular flexibility index (Phi) is 10.9. The molecule has 0 aliphatic carbocycles. The molecule has 1 aliphatic heterocycles. The molecule has 2 aromatic rings. The maximum Gasteiger partial charge on any atom is 0.191 e. The van der Waals surface area contributed by atoms with E-state index in [2.05, 4.69) is 42.7 Å². The van der Waals surface area contributed by atoms with E-state index in [0.717, 1.165) is 54.8 Å². The summed E-state index contributed by atoms with van der Waals surface area (Å²) in [7, 11) is 1.67. The highest BCUT2D eigenvalue weighted by atomic mass is 127. The molecule has 170 valence electrons. The molecule has 0 bridgehead atoms. The van der Waals surface area contributed by atoms with Gasteiger partial charge in [-0.15, -0.1) is 24.0 Å². The number of ether oxygens (including phenoxy) is 3. The highest BCUT2D eigenvalue weighted by Crippen LogP contribution is 2.22. The fraction of sp³-hybridized carbons (Fsp3) is 0.458. The SMILES string of the molecule is CCNC(=NCc1ccc(OC)cc1)NCc1ccc(C)cc1OCC1CCOC1.I. The van der Waals surface area contributed by atoms with Crippen molar-refractivity contribution in [2.24, 2.45) is 10.9 Å². The van der Waals surface area contributed by atoms with Crippen LogP contribution in [0.15, 0.2) is 47.5 Å². The summed E-state index contributed by atoms with van der Waals surface area (Å²) in [5.41, 5.74) is 3.44. The van der Waals surface area contributed by atoms with Crippen molar-refractivity contribution in [1.82, 2.24) is 10.6 Å². The van der Waals surface area contributed by atoms with E-state index in [1.165, 1.54) is 5.56 Å². The second-order valence-corrected chi connectivity index (χ2v) is 7.55. The molecule has 1 unspecified atom stereocenters. The highest BCUT2D eigenvalue weighted by molar-refractivity contribution is 14.0. The fourth-order valence-corrected chi connectivity index (χ4v) is 3.29. The van der Waals surface area contributed by atoms with E-state index in [9.17, 15) is 0 Å². The maximum absolute atomic E-state index is 6.15. The molecule has 31 heavy (non-hydrogen) atoms. The number of methoxy groups -OCH3 is 1. The van der Waals surface area contributed by atoms with Gasteiger partial charge in [-0.1, -0.05) is 24.3 Å². The first kappa shape index (κ1) is 25.3. The number of benzene rings is 2. The number of guanidine groups is 1. The van der Waals surface area contributed by atoms with Gasteiger partial charge in [0.15, 0.2) is 5.96 Å². The van der Waals surface area contributed by atoms with Crippen molar-refractivity contribution in [3.63, 3.8) is 0 Å². The summed E-state index contributed by atoms with van der Waals surface area (Å²) in [6.45, 7) is 8.52. The first-order chi connectivity index (χ1) is 14.7. The van der Waals surface area contributed by atoms with Crippen LogP contribution in [0.4, 0.5) is 0 Å². The molecule has 1 atom stereocenters. The van der Waals surface area contributed by atoms with Gasteiger partial charge in [0, 0.05) is 31.2 Å². The van der Waals surface area contributed by atoms with Gasteiger partial charge in [0.25, 0.3) is 0 Å². The van der Waals surface area contributed by atoms with Crippen molar-refractivity contribution in [2.45, 2.75) is 33.4 Å². The van der Waals surface area contributed by atoms with Gasteiger partial charge in [-0.3, -0.25) is 0 Å². The minimum Gasteiger partial charge on any atom is -0.497 e. The number of nitrogens with zero attached hydrogens (tertiary/aromatic N) is 1. The van der Waals surface area contributed by atoms with Gasteiger partial charge >= 0.3 is 0 Å². The van der Waals surface area contributed by atoms with E-state index < -0.39 is 0 Å². The van der Waals surface area contributed by atoms with Crippen LogP contribution < -0.4 is 20.1 Å². The van der Waals surface area contributed by atoms with E-state index in [0.29, 0.717) is 25.6 Å². The predicted octanol–water partition coefficient (Wildman–Crippen LogP) is 4.29. The molecule has 0 radical (unpaired) electrons. The van der Waals surface area contributed by atoms with Crippen LogP contribution in [-0.2, 0) is 17.8 Å². The quantitative estimate of drug-likeness (QED) is 0.283. The van der Waals surface area contributed by atoms with Crippen molar-refractivity contribution < 1.29 is 14.2 Å². The predicted molar refractivity (Wildman–Crippen MR) is 136 cm³/mol. The zero-order valence-corrected chi connectivity index (χ0v) is 21.0. The second kappa shape index (κ2) is 13.4. The number of halogens is 1. The lowest BCUT2D eigenvalue weighted by Crippen LogP contribution is -2.36. The third-order valence-electron chi connectivity index (χ3n) is 5.09. The Morgan fingerprint density at radius 2 is 1.97 bits per heavy atom. The Bertz CT molecular complexity index is 821. The fourth-order valence-electron chi connectivity index (χ4n) is 3.29. The van der Waals surface area contributed by atoms with E-state index in [1.807, 2.05) is 24.3 Å². The average molecular weight is 539 g/mol. The standard InChI is InChI=1S/C24H33N3O3.HI/c1-4-25-24(26-14-19-6-9-22(28-3)10-7-19)27-15-21-8-5-18(2)13-23(21)30-17-20-11-12-29-16-20;/h5-10,13,20H,4,11-12,14-17H2,1-3H3,(H2,25,26,27);1H. The summed E-state index contributed by atoms with van der Waals surface area (Å²) in [6.07, 6.45) is 1.07. The lowest BCUT2D eigenvalue weighted by Gasteiger charge is -2.17. The molecule has 3 rings (SSSR count). The summed E-state index contributed by atoms with van der Waals surface area (Å²) in [4.78, 5) is 4.71. The molecule has 2 N–H and O–H groups in total. The van der Waals surface area contributed by atoms with Crippen LogP contribution in [0.5, 0.6) is 11.5 Å². The molecule has 7 heteroatoms. The Morgan fingerprint density at radius 3 is 2.65 bits per heavy atom. The number of hydrogen-bond donors (Lipinski definition) is 2. The molecule has 1 fully saturated rings. The number of rotatable bonds is 9. The lowest BCUT2D eigenvalue weighted by molar-refractivity contribution is 0.166. The summed E-state index contributed by atoms with van der Waals surface area (Å²) < 4.78 is 16.8. The van der Waals surface area contributed by atoms with Gasteiger partial charge < -0.3 is 24.8 Å². The normalized spacial score (nSPS) is 15.8. The minimum absolute atomic E-state index is 0. The largest absolute Gasteiger partial charge is 0.497 e.